The van der Waals surface area contributed by atoms with Crippen molar-refractivity contribution in [3.05, 3.63) is 71.3 Å². The minimum absolute atomic E-state index is 0.147. The van der Waals surface area contributed by atoms with Gasteiger partial charge in [0.1, 0.15) is 11.6 Å². The number of carbonyl (C=O) groups is 2. The first kappa shape index (κ1) is 19.9. The third-order valence-corrected chi connectivity index (χ3v) is 4.84. The summed E-state index contributed by atoms with van der Waals surface area (Å²) in [5.41, 5.74) is 2.55. The highest BCUT2D eigenvalue weighted by molar-refractivity contribution is 5.87. The summed E-state index contributed by atoms with van der Waals surface area (Å²) >= 11 is 0. The zero-order valence-corrected chi connectivity index (χ0v) is 16.9. The topological polar surface area (TPSA) is 58.6 Å². The fraction of sp³-hybridized carbons (Fsp3) is 0.391. The van der Waals surface area contributed by atoms with Gasteiger partial charge in [0.25, 0.3) is 0 Å². The third kappa shape index (κ3) is 4.71. The molecule has 0 radical (unpaired) electrons. The number of benzene rings is 2. The third-order valence-electron chi connectivity index (χ3n) is 4.84. The second-order valence-corrected chi connectivity index (χ2v) is 8.24. The van der Waals surface area contributed by atoms with E-state index in [-0.39, 0.29) is 11.9 Å². The van der Waals surface area contributed by atoms with Crippen LogP contribution in [0.5, 0.6) is 0 Å². The lowest BCUT2D eigenvalue weighted by atomic mass is 9.93. The number of carbonyl (C=O) groups excluding carboxylic acids is 2. The molecule has 2 atom stereocenters. The van der Waals surface area contributed by atoms with Crippen LogP contribution in [0.4, 0.5) is 4.79 Å². The zero-order chi connectivity index (χ0) is 20.3. The van der Waals surface area contributed by atoms with Crippen LogP contribution < -0.4 is 5.32 Å². The lowest BCUT2D eigenvalue weighted by molar-refractivity contribution is -0.127. The number of hydrogen-bond donors (Lipinski definition) is 1. The van der Waals surface area contributed by atoms with Crippen LogP contribution >= 0.6 is 0 Å². The van der Waals surface area contributed by atoms with Crippen molar-refractivity contribution in [2.24, 2.45) is 0 Å². The zero-order valence-electron chi connectivity index (χ0n) is 16.9. The smallest absolute Gasteiger partial charge is 0.411 e. The molecule has 0 spiro atoms. The predicted octanol–water partition coefficient (Wildman–Crippen LogP) is 4.23. The van der Waals surface area contributed by atoms with Crippen LogP contribution in [-0.4, -0.2) is 28.5 Å². The van der Waals surface area contributed by atoms with Crippen LogP contribution in [0.15, 0.2) is 54.6 Å². The highest BCUT2D eigenvalue weighted by Gasteiger charge is 2.37. The normalized spacial score (nSPS) is 17.4. The number of nitrogens with zero attached hydrogens (tertiary/aromatic N) is 1. The van der Waals surface area contributed by atoms with Gasteiger partial charge < -0.3 is 10.1 Å². The minimum Gasteiger partial charge on any atom is -0.444 e. The molecule has 0 saturated heterocycles. The molecule has 0 fully saturated rings. The fourth-order valence-electron chi connectivity index (χ4n) is 3.40. The molecular formula is C23H28N2O3. The van der Waals surface area contributed by atoms with E-state index < -0.39 is 17.7 Å². The molecule has 0 saturated carbocycles. The summed E-state index contributed by atoms with van der Waals surface area (Å²) in [6, 6.07) is 17.0. The van der Waals surface area contributed by atoms with Crippen molar-refractivity contribution in [2.75, 3.05) is 0 Å². The summed E-state index contributed by atoms with van der Waals surface area (Å²) in [6.45, 7) is 7.80. The van der Waals surface area contributed by atoms with Crippen LogP contribution in [0.25, 0.3) is 0 Å². The minimum atomic E-state index is -0.619. The van der Waals surface area contributed by atoms with E-state index in [1.54, 1.807) is 4.90 Å². The Bertz CT molecular complexity index is 842. The molecule has 1 aliphatic rings. The molecule has 5 nitrogen and oxygen atoms in total. The van der Waals surface area contributed by atoms with Crippen molar-refractivity contribution in [3.63, 3.8) is 0 Å². The Kier molecular flexibility index (Phi) is 5.73. The van der Waals surface area contributed by atoms with Gasteiger partial charge in [0.2, 0.25) is 5.91 Å². The van der Waals surface area contributed by atoms with Gasteiger partial charge in [0, 0.05) is 6.42 Å². The molecule has 2 aromatic carbocycles. The second kappa shape index (κ2) is 8.05. The summed E-state index contributed by atoms with van der Waals surface area (Å²) in [4.78, 5) is 27.5. The quantitative estimate of drug-likeness (QED) is 0.867. The standard InChI is InChI=1S/C23H28N2O3/c1-16(17-10-6-5-7-11-17)24-21(26)20-14-18-12-8-9-13-19(18)15-25(20)22(27)28-23(2,3)4/h5-13,16,20H,14-15H2,1-4H3,(H,24,26)/t16?,20-/m0/s1. The van der Waals surface area contributed by atoms with E-state index in [0.717, 1.165) is 16.7 Å². The number of fused-ring (bicyclic) bond motifs is 1. The fourth-order valence-corrected chi connectivity index (χ4v) is 3.40. The Balaban J connectivity index is 1.82. The number of rotatable bonds is 3. The van der Waals surface area contributed by atoms with Crippen LogP contribution in [0.1, 0.15) is 50.4 Å². The Labute approximate surface area is 166 Å². The maximum Gasteiger partial charge on any atom is 0.411 e. The molecule has 3 rings (SSSR count). The van der Waals surface area contributed by atoms with Gasteiger partial charge in [0.05, 0.1) is 12.6 Å². The van der Waals surface area contributed by atoms with Gasteiger partial charge in [-0.2, -0.15) is 0 Å². The second-order valence-electron chi connectivity index (χ2n) is 8.24. The first-order valence-electron chi connectivity index (χ1n) is 9.66. The molecular weight excluding hydrogens is 352 g/mol. The Hall–Kier alpha value is -2.82. The molecule has 2 amide bonds. The monoisotopic (exact) mass is 380 g/mol. The van der Waals surface area contributed by atoms with E-state index in [2.05, 4.69) is 5.32 Å². The summed E-state index contributed by atoms with van der Waals surface area (Å²) in [6.07, 6.45) is 0.0115. The number of hydrogen-bond acceptors (Lipinski definition) is 3. The maximum atomic E-state index is 13.1. The summed E-state index contributed by atoms with van der Waals surface area (Å²) in [5.74, 6) is -0.170. The average Bonchev–Trinajstić information content (AvgIpc) is 2.66. The number of ether oxygens (including phenoxy) is 1. The highest BCUT2D eigenvalue weighted by Crippen LogP contribution is 2.26. The Morgan fingerprint density at radius 2 is 1.64 bits per heavy atom. The Morgan fingerprint density at radius 3 is 2.29 bits per heavy atom. The molecule has 1 unspecified atom stereocenters. The van der Waals surface area contributed by atoms with Crippen molar-refractivity contribution in [1.29, 1.82) is 0 Å². The number of amides is 2. The van der Waals surface area contributed by atoms with Crippen LogP contribution in [0, 0.1) is 0 Å². The molecule has 0 aliphatic carbocycles. The van der Waals surface area contributed by atoms with Crippen molar-refractivity contribution < 1.29 is 14.3 Å². The van der Waals surface area contributed by atoms with E-state index in [1.807, 2.05) is 82.3 Å². The van der Waals surface area contributed by atoms with E-state index in [0.29, 0.717) is 13.0 Å². The van der Waals surface area contributed by atoms with Gasteiger partial charge in [-0.1, -0.05) is 54.6 Å². The molecule has 5 heteroatoms. The SMILES string of the molecule is CC(NC(=O)[C@@H]1Cc2ccccc2CN1C(=O)OC(C)(C)C)c1ccccc1. The molecule has 0 aromatic heterocycles. The number of nitrogens with one attached hydrogen (secondary N) is 1. The molecule has 2 aromatic rings. The van der Waals surface area contributed by atoms with Crippen molar-refractivity contribution in [2.45, 2.75) is 58.3 Å². The molecule has 1 N–H and O–H groups in total. The van der Waals surface area contributed by atoms with Crippen molar-refractivity contribution >= 4 is 12.0 Å². The average molecular weight is 380 g/mol. The lowest BCUT2D eigenvalue weighted by Gasteiger charge is -2.37. The van der Waals surface area contributed by atoms with Crippen LogP contribution in [0.2, 0.25) is 0 Å². The first-order chi connectivity index (χ1) is 13.2. The molecule has 28 heavy (non-hydrogen) atoms. The van der Waals surface area contributed by atoms with E-state index in [9.17, 15) is 9.59 Å². The van der Waals surface area contributed by atoms with E-state index >= 15 is 0 Å². The van der Waals surface area contributed by atoms with Gasteiger partial charge in [-0.15, -0.1) is 0 Å². The first-order valence-corrected chi connectivity index (χ1v) is 9.66. The largest absolute Gasteiger partial charge is 0.444 e. The lowest BCUT2D eigenvalue weighted by Crippen LogP contribution is -2.53. The van der Waals surface area contributed by atoms with Crippen molar-refractivity contribution in [1.82, 2.24) is 10.2 Å². The summed E-state index contributed by atoms with van der Waals surface area (Å²) in [5, 5.41) is 3.06. The van der Waals surface area contributed by atoms with Gasteiger partial charge in [-0.25, -0.2) is 4.79 Å². The van der Waals surface area contributed by atoms with Gasteiger partial charge in [0.15, 0.2) is 0 Å². The van der Waals surface area contributed by atoms with Crippen LogP contribution in [0.3, 0.4) is 0 Å². The highest BCUT2D eigenvalue weighted by atomic mass is 16.6. The van der Waals surface area contributed by atoms with Crippen LogP contribution in [-0.2, 0) is 22.5 Å². The van der Waals surface area contributed by atoms with Crippen molar-refractivity contribution in [3.8, 4) is 0 Å². The Morgan fingerprint density at radius 1 is 1.04 bits per heavy atom. The van der Waals surface area contributed by atoms with Gasteiger partial charge in [-0.3, -0.25) is 9.69 Å². The van der Waals surface area contributed by atoms with Gasteiger partial charge >= 0.3 is 6.09 Å². The molecule has 1 aliphatic heterocycles. The van der Waals surface area contributed by atoms with Gasteiger partial charge in [-0.05, 0) is 44.4 Å². The predicted molar refractivity (Wildman–Crippen MR) is 109 cm³/mol. The van der Waals surface area contributed by atoms with E-state index in [4.69, 9.17) is 4.74 Å². The molecule has 148 valence electrons. The summed E-state index contributed by atoms with van der Waals surface area (Å²) in [7, 11) is 0. The molecule has 0 bridgehead atoms. The molecule has 1 heterocycles. The maximum absolute atomic E-state index is 13.1. The van der Waals surface area contributed by atoms with E-state index in [1.165, 1.54) is 0 Å². The summed E-state index contributed by atoms with van der Waals surface area (Å²) < 4.78 is 5.57.